The maximum atomic E-state index is 11.0. The highest BCUT2D eigenvalue weighted by molar-refractivity contribution is 5.92. The fraction of sp³-hybridized carbons (Fsp3) is 0.667. The predicted octanol–water partition coefficient (Wildman–Crippen LogP) is -0.211. The van der Waals surface area contributed by atoms with Crippen LogP contribution in [0.5, 0.6) is 0 Å². The van der Waals surface area contributed by atoms with Gasteiger partial charge in [-0.3, -0.25) is 9.69 Å². The van der Waals surface area contributed by atoms with Crippen LogP contribution in [0.25, 0.3) is 0 Å². The lowest BCUT2D eigenvalue weighted by molar-refractivity contribution is -0.114. The van der Waals surface area contributed by atoms with Gasteiger partial charge in [0.1, 0.15) is 0 Å². The van der Waals surface area contributed by atoms with Crippen LogP contribution in [0.1, 0.15) is 6.42 Å². The maximum absolute atomic E-state index is 11.0. The molecule has 3 heteroatoms. The summed E-state index contributed by atoms with van der Waals surface area (Å²) in [6.45, 7) is 4.25. The predicted molar refractivity (Wildman–Crippen MR) is 47.0 cm³/mol. The summed E-state index contributed by atoms with van der Waals surface area (Å²) >= 11 is 0. The van der Waals surface area contributed by atoms with Crippen LogP contribution in [-0.4, -0.2) is 42.9 Å². The van der Waals surface area contributed by atoms with E-state index in [-0.39, 0.29) is 5.78 Å². The van der Waals surface area contributed by atoms with Crippen LogP contribution in [0.15, 0.2) is 12.2 Å². The first-order valence-corrected chi connectivity index (χ1v) is 4.52. The number of allylic oxidation sites excluding steroid dienone is 1. The van der Waals surface area contributed by atoms with Crippen molar-refractivity contribution in [3.05, 3.63) is 12.2 Å². The highest BCUT2D eigenvalue weighted by Crippen LogP contribution is 2.13. The lowest BCUT2D eigenvalue weighted by Gasteiger charge is -2.31. The monoisotopic (exact) mass is 166 g/mol. The van der Waals surface area contributed by atoms with Crippen LogP contribution in [0.3, 0.4) is 0 Å². The molecule has 0 radical (unpaired) electrons. The van der Waals surface area contributed by atoms with E-state index in [0.717, 1.165) is 26.2 Å². The second-order valence-electron chi connectivity index (χ2n) is 3.38. The number of nitrogens with one attached hydrogen (secondary N) is 1. The van der Waals surface area contributed by atoms with Crippen molar-refractivity contribution in [1.82, 2.24) is 10.2 Å². The van der Waals surface area contributed by atoms with Gasteiger partial charge in [-0.25, -0.2) is 0 Å². The van der Waals surface area contributed by atoms with Gasteiger partial charge >= 0.3 is 0 Å². The zero-order valence-electron chi connectivity index (χ0n) is 7.12. The molecule has 1 aliphatic carbocycles. The molecule has 3 nitrogen and oxygen atoms in total. The van der Waals surface area contributed by atoms with E-state index in [1.54, 1.807) is 6.08 Å². The van der Waals surface area contributed by atoms with Crippen molar-refractivity contribution >= 4 is 5.78 Å². The Balaban J connectivity index is 1.91. The summed E-state index contributed by atoms with van der Waals surface area (Å²) in [5.41, 5.74) is 0. The first-order chi connectivity index (χ1) is 5.86. The summed E-state index contributed by atoms with van der Waals surface area (Å²) in [6, 6.07) is 0.389. The number of piperazine rings is 1. The van der Waals surface area contributed by atoms with Gasteiger partial charge in [-0.2, -0.15) is 0 Å². The Morgan fingerprint density at radius 2 is 2.17 bits per heavy atom. The van der Waals surface area contributed by atoms with E-state index in [4.69, 9.17) is 0 Å². The van der Waals surface area contributed by atoms with Crippen LogP contribution < -0.4 is 5.32 Å². The Bertz CT molecular complexity index is 207. The fourth-order valence-electron chi connectivity index (χ4n) is 1.83. The molecular formula is C9H14N2O. The summed E-state index contributed by atoms with van der Waals surface area (Å²) in [6.07, 6.45) is 4.44. The Hall–Kier alpha value is -0.670. The lowest BCUT2D eigenvalue weighted by Crippen LogP contribution is -2.47. The molecule has 1 heterocycles. The van der Waals surface area contributed by atoms with E-state index in [9.17, 15) is 4.79 Å². The molecular weight excluding hydrogens is 152 g/mol. The van der Waals surface area contributed by atoms with Gasteiger partial charge in [0.05, 0.1) is 0 Å². The molecule has 2 rings (SSSR count). The van der Waals surface area contributed by atoms with E-state index in [1.807, 2.05) is 6.08 Å². The fourth-order valence-corrected chi connectivity index (χ4v) is 1.83. The first-order valence-electron chi connectivity index (χ1n) is 4.52. The molecule has 12 heavy (non-hydrogen) atoms. The molecule has 0 aromatic heterocycles. The minimum Gasteiger partial charge on any atom is -0.314 e. The van der Waals surface area contributed by atoms with Crippen molar-refractivity contribution in [2.24, 2.45) is 0 Å². The Morgan fingerprint density at radius 3 is 2.75 bits per heavy atom. The Labute approximate surface area is 72.4 Å². The van der Waals surface area contributed by atoms with Crippen LogP contribution >= 0.6 is 0 Å². The van der Waals surface area contributed by atoms with Crippen LogP contribution in [0, 0.1) is 0 Å². The van der Waals surface area contributed by atoms with E-state index in [0.29, 0.717) is 12.5 Å². The van der Waals surface area contributed by atoms with Gasteiger partial charge in [0, 0.05) is 38.6 Å². The third-order valence-electron chi connectivity index (χ3n) is 2.54. The molecule has 1 unspecified atom stereocenters. The average molecular weight is 166 g/mol. The minimum atomic E-state index is 0.276. The maximum Gasteiger partial charge on any atom is 0.157 e. The zero-order chi connectivity index (χ0) is 8.39. The van der Waals surface area contributed by atoms with Gasteiger partial charge in [-0.1, -0.05) is 6.08 Å². The molecule has 0 bridgehead atoms. The van der Waals surface area contributed by atoms with Gasteiger partial charge in [0.25, 0.3) is 0 Å². The summed E-state index contributed by atoms with van der Waals surface area (Å²) in [5, 5.41) is 3.30. The molecule has 1 fully saturated rings. The number of ketones is 1. The van der Waals surface area contributed by atoms with Crippen molar-refractivity contribution in [3.8, 4) is 0 Å². The second-order valence-corrected chi connectivity index (χ2v) is 3.38. The number of hydrogen-bond acceptors (Lipinski definition) is 3. The second kappa shape index (κ2) is 3.37. The average Bonchev–Trinajstić information content (AvgIpc) is 2.54. The number of carbonyl (C=O) groups excluding carboxylic acids is 1. The summed E-state index contributed by atoms with van der Waals surface area (Å²) < 4.78 is 0. The summed E-state index contributed by atoms with van der Waals surface area (Å²) in [4.78, 5) is 13.3. The Kier molecular flexibility index (Phi) is 2.23. The number of carbonyl (C=O) groups is 1. The lowest BCUT2D eigenvalue weighted by atomic mass is 10.2. The van der Waals surface area contributed by atoms with Gasteiger partial charge in [0.2, 0.25) is 0 Å². The molecule has 1 N–H and O–H groups in total. The summed E-state index contributed by atoms with van der Waals surface area (Å²) in [7, 11) is 0. The standard InChI is InChI=1S/C9H14N2O/c12-9-2-1-8(7-9)11-5-3-10-4-6-11/h1-2,8,10H,3-7H2. The molecule has 0 spiro atoms. The summed E-state index contributed by atoms with van der Waals surface area (Å²) in [5.74, 6) is 0.276. The minimum absolute atomic E-state index is 0.276. The largest absolute Gasteiger partial charge is 0.314 e. The number of nitrogens with zero attached hydrogens (tertiary/aromatic N) is 1. The van der Waals surface area contributed by atoms with Gasteiger partial charge in [-0.05, 0) is 6.08 Å². The van der Waals surface area contributed by atoms with Crippen LogP contribution in [-0.2, 0) is 4.79 Å². The molecule has 66 valence electrons. The molecule has 2 aliphatic rings. The van der Waals surface area contributed by atoms with Crippen molar-refractivity contribution in [2.45, 2.75) is 12.5 Å². The molecule has 1 saturated heterocycles. The van der Waals surface area contributed by atoms with Gasteiger partial charge in [-0.15, -0.1) is 0 Å². The molecule has 0 amide bonds. The number of hydrogen-bond donors (Lipinski definition) is 1. The van der Waals surface area contributed by atoms with E-state index in [2.05, 4.69) is 10.2 Å². The van der Waals surface area contributed by atoms with Crippen LogP contribution in [0.2, 0.25) is 0 Å². The zero-order valence-corrected chi connectivity index (χ0v) is 7.12. The van der Waals surface area contributed by atoms with Gasteiger partial charge in [0.15, 0.2) is 5.78 Å². The molecule has 1 aliphatic heterocycles. The molecule has 0 aromatic rings. The van der Waals surface area contributed by atoms with Crippen molar-refractivity contribution < 1.29 is 4.79 Å². The third kappa shape index (κ3) is 1.57. The Morgan fingerprint density at radius 1 is 1.42 bits per heavy atom. The van der Waals surface area contributed by atoms with Crippen molar-refractivity contribution in [2.75, 3.05) is 26.2 Å². The number of rotatable bonds is 1. The van der Waals surface area contributed by atoms with Gasteiger partial charge < -0.3 is 5.32 Å². The third-order valence-corrected chi connectivity index (χ3v) is 2.54. The van der Waals surface area contributed by atoms with E-state index < -0.39 is 0 Å². The first kappa shape index (κ1) is 7.95. The highest BCUT2D eigenvalue weighted by Gasteiger charge is 2.23. The SMILES string of the molecule is O=C1C=CC(N2CCNCC2)C1. The van der Waals surface area contributed by atoms with Crippen LogP contribution in [0.4, 0.5) is 0 Å². The highest BCUT2D eigenvalue weighted by atomic mass is 16.1. The van der Waals surface area contributed by atoms with Crippen molar-refractivity contribution in [3.63, 3.8) is 0 Å². The molecule has 0 saturated carbocycles. The smallest absolute Gasteiger partial charge is 0.157 e. The van der Waals surface area contributed by atoms with Crippen molar-refractivity contribution in [1.29, 1.82) is 0 Å². The topological polar surface area (TPSA) is 32.3 Å². The van der Waals surface area contributed by atoms with E-state index >= 15 is 0 Å². The normalized spacial score (nSPS) is 31.3. The quantitative estimate of drug-likeness (QED) is 0.585. The molecule has 0 aromatic carbocycles. The van der Waals surface area contributed by atoms with E-state index in [1.165, 1.54) is 0 Å². The molecule has 1 atom stereocenters.